The molecular weight excluding hydrogens is 438 g/mol. The minimum Gasteiger partial charge on any atom is -0.293 e. The van der Waals surface area contributed by atoms with Gasteiger partial charge in [0.2, 0.25) is 11.9 Å². The van der Waals surface area contributed by atoms with Crippen LogP contribution in [0.2, 0.25) is 5.02 Å². The van der Waals surface area contributed by atoms with Gasteiger partial charge >= 0.3 is 0 Å². The Morgan fingerprint density at radius 2 is 1.68 bits per heavy atom. The summed E-state index contributed by atoms with van der Waals surface area (Å²) < 4.78 is 1.75. The highest BCUT2D eigenvalue weighted by molar-refractivity contribution is 7.98. The SMILES string of the molecule is CCn1c(NC(=O)CN2C(=O)c3ccccc3C2=O)nnc1SCc1ccccc1Cl. The van der Waals surface area contributed by atoms with Crippen molar-refractivity contribution >= 4 is 47.0 Å². The number of imide groups is 1. The van der Waals surface area contributed by atoms with Crippen molar-refractivity contribution in [1.29, 1.82) is 0 Å². The number of fused-ring (bicyclic) bond motifs is 1. The number of carbonyl (C=O) groups excluding carboxylic acids is 3. The molecule has 31 heavy (non-hydrogen) atoms. The van der Waals surface area contributed by atoms with Gasteiger partial charge in [0.1, 0.15) is 6.54 Å². The molecule has 3 amide bonds. The number of amides is 3. The Bertz CT molecular complexity index is 1140. The van der Waals surface area contributed by atoms with E-state index in [0.29, 0.717) is 33.6 Å². The van der Waals surface area contributed by atoms with Gasteiger partial charge in [0.05, 0.1) is 11.1 Å². The van der Waals surface area contributed by atoms with E-state index in [4.69, 9.17) is 11.6 Å². The molecule has 2 aromatic carbocycles. The van der Waals surface area contributed by atoms with Crippen molar-refractivity contribution in [2.45, 2.75) is 24.4 Å². The number of aromatic nitrogens is 3. The molecule has 1 N–H and O–H groups in total. The largest absolute Gasteiger partial charge is 0.293 e. The summed E-state index contributed by atoms with van der Waals surface area (Å²) in [6.07, 6.45) is 0. The molecule has 1 aliphatic heterocycles. The molecule has 158 valence electrons. The first-order chi connectivity index (χ1) is 15.0. The summed E-state index contributed by atoms with van der Waals surface area (Å²) in [5.41, 5.74) is 1.57. The van der Waals surface area contributed by atoms with Crippen molar-refractivity contribution < 1.29 is 14.4 Å². The van der Waals surface area contributed by atoms with Crippen molar-refractivity contribution in [2.75, 3.05) is 11.9 Å². The van der Waals surface area contributed by atoms with E-state index in [2.05, 4.69) is 15.5 Å². The fourth-order valence-electron chi connectivity index (χ4n) is 3.22. The molecule has 0 radical (unpaired) electrons. The van der Waals surface area contributed by atoms with E-state index in [1.807, 2.05) is 31.2 Å². The van der Waals surface area contributed by atoms with Crippen LogP contribution in [0.15, 0.2) is 53.7 Å². The third kappa shape index (κ3) is 4.19. The van der Waals surface area contributed by atoms with Gasteiger partial charge in [-0.1, -0.05) is 53.7 Å². The molecule has 8 nitrogen and oxygen atoms in total. The van der Waals surface area contributed by atoms with Crippen LogP contribution in [0.25, 0.3) is 0 Å². The second kappa shape index (κ2) is 8.91. The Labute approximate surface area is 187 Å². The Kier molecular flexibility index (Phi) is 6.06. The number of benzene rings is 2. The van der Waals surface area contributed by atoms with Gasteiger partial charge in [0.15, 0.2) is 5.16 Å². The van der Waals surface area contributed by atoms with E-state index in [9.17, 15) is 14.4 Å². The molecule has 10 heteroatoms. The van der Waals surface area contributed by atoms with E-state index in [1.54, 1.807) is 28.8 Å². The number of nitrogens with zero attached hydrogens (tertiary/aromatic N) is 4. The molecule has 0 aliphatic carbocycles. The zero-order chi connectivity index (χ0) is 22.0. The predicted octanol–water partition coefficient (Wildman–Crippen LogP) is 3.48. The summed E-state index contributed by atoms with van der Waals surface area (Å²) in [5, 5.41) is 12.1. The second-order valence-electron chi connectivity index (χ2n) is 6.72. The van der Waals surface area contributed by atoms with Gasteiger partial charge < -0.3 is 0 Å². The first-order valence-electron chi connectivity index (χ1n) is 9.54. The molecule has 2 heterocycles. The molecule has 1 aromatic heterocycles. The number of hydrogen-bond acceptors (Lipinski definition) is 6. The molecule has 3 aromatic rings. The quantitative estimate of drug-likeness (QED) is 0.432. The van der Waals surface area contributed by atoms with Crippen LogP contribution in [0.4, 0.5) is 5.95 Å². The average Bonchev–Trinajstić information content (AvgIpc) is 3.27. The van der Waals surface area contributed by atoms with Crippen LogP contribution in [0, 0.1) is 0 Å². The highest BCUT2D eigenvalue weighted by Gasteiger charge is 2.36. The predicted molar refractivity (Wildman–Crippen MR) is 117 cm³/mol. The zero-order valence-corrected chi connectivity index (χ0v) is 18.1. The molecule has 0 saturated heterocycles. The maximum Gasteiger partial charge on any atom is 0.262 e. The van der Waals surface area contributed by atoms with Crippen LogP contribution in [0.5, 0.6) is 0 Å². The summed E-state index contributed by atoms with van der Waals surface area (Å²) in [6.45, 7) is 2.04. The van der Waals surface area contributed by atoms with Crippen LogP contribution in [0.3, 0.4) is 0 Å². The van der Waals surface area contributed by atoms with Crippen molar-refractivity contribution in [2.24, 2.45) is 0 Å². The summed E-state index contributed by atoms with van der Waals surface area (Å²) in [6, 6.07) is 14.1. The van der Waals surface area contributed by atoms with Gasteiger partial charge in [-0.15, -0.1) is 10.2 Å². The Balaban J connectivity index is 1.43. The van der Waals surface area contributed by atoms with Crippen LogP contribution in [-0.4, -0.2) is 43.9 Å². The molecule has 0 saturated carbocycles. The Morgan fingerprint density at radius 1 is 1.03 bits per heavy atom. The second-order valence-corrected chi connectivity index (χ2v) is 8.07. The summed E-state index contributed by atoms with van der Waals surface area (Å²) in [7, 11) is 0. The topological polar surface area (TPSA) is 97.2 Å². The number of carbonyl (C=O) groups is 3. The highest BCUT2D eigenvalue weighted by atomic mass is 35.5. The van der Waals surface area contributed by atoms with Crippen molar-refractivity contribution in [3.63, 3.8) is 0 Å². The lowest BCUT2D eigenvalue weighted by atomic mass is 10.1. The minimum absolute atomic E-state index is 0.255. The number of anilines is 1. The number of nitrogens with one attached hydrogen (secondary N) is 1. The van der Waals surface area contributed by atoms with E-state index < -0.39 is 24.3 Å². The third-order valence-electron chi connectivity index (χ3n) is 4.78. The van der Waals surface area contributed by atoms with E-state index >= 15 is 0 Å². The standard InChI is InChI=1S/C21H18ClN5O3S/c1-2-26-20(24-25-21(26)31-12-13-7-3-6-10-16(13)22)23-17(28)11-27-18(29)14-8-4-5-9-15(14)19(27)30/h3-10H,2,11-12H2,1H3,(H,23,24,28). The summed E-state index contributed by atoms with van der Waals surface area (Å²) in [5.74, 6) is -0.640. The van der Waals surface area contributed by atoms with Gasteiger partial charge in [-0.3, -0.25) is 29.2 Å². The normalized spacial score (nSPS) is 12.9. The molecule has 4 rings (SSSR count). The van der Waals surface area contributed by atoms with E-state index in [-0.39, 0.29) is 5.95 Å². The summed E-state index contributed by atoms with van der Waals surface area (Å²) >= 11 is 7.65. The van der Waals surface area contributed by atoms with Gasteiger partial charge in [0, 0.05) is 17.3 Å². The zero-order valence-electron chi connectivity index (χ0n) is 16.5. The number of hydrogen-bond donors (Lipinski definition) is 1. The Morgan fingerprint density at radius 3 is 2.32 bits per heavy atom. The molecular formula is C21H18ClN5O3S. The van der Waals surface area contributed by atoms with Crippen molar-refractivity contribution in [3.05, 3.63) is 70.2 Å². The molecule has 0 unspecified atom stereocenters. The first-order valence-corrected chi connectivity index (χ1v) is 10.9. The van der Waals surface area contributed by atoms with Crippen LogP contribution < -0.4 is 5.32 Å². The fourth-order valence-corrected chi connectivity index (χ4v) is 4.51. The van der Waals surface area contributed by atoms with Crippen LogP contribution in [-0.2, 0) is 17.1 Å². The highest BCUT2D eigenvalue weighted by Crippen LogP contribution is 2.27. The lowest BCUT2D eigenvalue weighted by Gasteiger charge is -2.14. The number of thioether (sulfide) groups is 1. The van der Waals surface area contributed by atoms with Crippen molar-refractivity contribution in [1.82, 2.24) is 19.7 Å². The smallest absolute Gasteiger partial charge is 0.262 e. The molecule has 0 bridgehead atoms. The lowest BCUT2D eigenvalue weighted by Crippen LogP contribution is -2.37. The molecule has 0 atom stereocenters. The van der Waals surface area contributed by atoms with Gasteiger partial charge in [-0.25, -0.2) is 0 Å². The maximum absolute atomic E-state index is 12.5. The number of rotatable bonds is 7. The van der Waals surface area contributed by atoms with E-state index in [1.165, 1.54) is 11.8 Å². The van der Waals surface area contributed by atoms with Gasteiger partial charge in [-0.05, 0) is 30.7 Å². The fraction of sp³-hybridized carbons (Fsp3) is 0.190. The summed E-state index contributed by atoms with van der Waals surface area (Å²) in [4.78, 5) is 38.4. The van der Waals surface area contributed by atoms with Gasteiger partial charge in [0.25, 0.3) is 11.8 Å². The van der Waals surface area contributed by atoms with E-state index in [0.717, 1.165) is 10.5 Å². The maximum atomic E-state index is 12.5. The number of halogens is 1. The molecule has 0 spiro atoms. The minimum atomic E-state index is -0.528. The van der Waals surface area contributed by atoms with Gasteiger partial charge in [-0.2, -0.15) is 0 Å². The average molecular weight is 456 g/mol. The third-order valence-corrected chi connectivity index (χ3v) is 6.16. The molecule has 1 aliphatic rings. The Hall–Kier alpha value is -3.17. The first kappa shape index (κ1) is 21.1. The van der Waals surface area contributed by atoms with Crippen LogP contribution in [0.1, 0.15) is 33.2 Å². The monoisotopic (exact) mass is 455 g/mol. The molecule has 0 fully saturated rings. The lowest BCUT2D eigenvalue weighted by molar-refractivity contribution is -0.116. The van der Waals surface area contributed by atoms with Crippen LogP contribution >= 0.6 is 23.4 Å². The van der Waals surface area contributed by atoms with Crippen molar-refractivity contribution in [3.8, 4) is 0 Å².